The van der Waals surface area contributed by atoms with Crippen LogP contribution in [-0.2, 0) is 10.0 Å². The van der Waals surface area contributed by atoms with Crippen LogP contribution in [0.15, 0.2) is 35.2 Å². The molecule has 2 N–H and O–H groups in total. The Labute approximate surface area is 169 Å². The Morgan fingerprint density at radius 3 is 2.52 bits per heavy atom. The molecule has 0 spiro atoms. The van der Waals surface area contributed by atoms with Crippen LogP contribution in [0.4, 0.5) is 11.4 Å². The average Bonchev–Trinajstić information content (AvgIpc) is 2.62. The minimum Gasteiger partial charge on any atom is -0.493 e. The molecule has 1 aliphatic rings. The van der Waals surface area contributed by atoms with Crippen LogP contribution in [0, 0.1) is 6.92 Å². The van der Waals surface area contributed by atoms with Crippen molar-refractivity contribution in [3.63, 3.8) is 0 Å². The van der Waals surface area contributed by atoms with Crippen LogP contribution < -0.4 is 19.7 Å². The Balaban J connectivity index is 1.96. The summed E-state index contributed by atoms with van der Waals surface area (Å²) in [6.45, 7) is 5.37. The molecule has 0 radical (unpaired) electrons. The highest BCUT2D eigenvalue weighted by atomic mass is 35.5. The highest BCUT2D eigenvalue weighted by Gasteiger charge is 2.21. The van der Waals surface area contributed by atoms with Crippen molar-refractivity contribution in [2.75, 3.05) is 42.9 Å². The summed E-state index contributed by atoms with van der Waals surface area (Å²) in [6.07, 6.45) is 0. The third kappa shape index (κ3) is 4.43. The summed E-state index contributed by atoms with van der Waals surface area (Å²) in [5, 5.41) is 3.83. The molecule has 2 aromatic carbocycles. The molecular formula is C18H21Cl2N3O3S. The lowest BCUT2D eigenvalue weighted by atomic mass is 10.1. The second-order valence-corrected chi connectivity index (χ2v) is 8.79. The van der Waals surface area contributed by atoms with Gasteiger partial charge in [-0.2, -0.15) is 0 Å². The fraction of sp³-hybridized carbons (Fsp3) is 0.333. The summed E-state index contributed by atoms with van der Waals surface area (Å²) in [5.41, 5.74) is 2.13. The Hall–Kier alpha value is -1.67. The number of ether oxygens (including phenoxy) is 1. The molecule has 0 bridgehead atoms. The number of hydrogen-bond donors (Lipinski definition) is 2. The number of aryl methyl sites for hydroxylation is 1. The first-order chi connectivity index (χ1) is 12.8. The van der Waals surface area contributed by atoms with E-state index in [1.165, 1.54) is 19.2 Å². The summed E-state index contributed by atoms with van der Waals surface area (Å²) in [4.78, 5) is 2.35. The number of methoxy groups -OCH3 is 1. The third-order valence-electron chi connectivity index (χ3n) is 4.41. The summed E-state index contributed by atoms with van der Waals surface area (Å²) in [7, 11) is -2.43. The number of rotatable bonds is 5. The average molecular weight is 430 g/mol. The molecule has 1 saturated heterocycles. The summed E-state index contributed by atoms with van der Waals surface area (Å²) < 4.78 is 33.7. The number of piperazine rings is 1. The van der Waals surface area contributed by atoms with Gasteiger partial charge in [0.15, 0.2) is 5.75 Å². The fourth-order valence-electron chi connectivity index (χ4n) is 3.05. The monoisotopic (exact) mass is 429 g/mol. The van der Waals surface area contributed by atoms with Crippen molar-refractivity contribution in [2.24, 2.45) is 0 Å². The molecule has 0 unspecified atom stereocenters. The standard InChI is InChI=1S/C18H21Cl2N3O3S/c1-12-3-4-14(11-17(12)23-7-5-21-6-8-23)27(24,25)22-16-10-13(19)9-15(20)18(16)26-2/h3-4,9-11,21-22H,5-8H2,1-2H3. The van der Waals surface area contributed by atoms with Crippen molar-refractivity contribution in [3.8, 4) is 5.75 Å². The Kier molecular flexibility index (Phi) is 6.05. The van der Waals surface area contributed by atoms with E-state index in [0.29, 0.717) is 5.02 Å². The van der Waals surface area contributed by atoms with Gasteiger partial charge in [-0.25, -0.2) is 8.42 Å². The normalized spacial score (nSPS) is 14.9. The minimum atomic E-state index is -3.85. The lowest BCUT2D eigenvalue weighted by Crippen LogP contribution is -2.43. The third-order valence-corrected chi connectivity index (χ3v) is 6.27. The zero-order chi connectivity index (χ0) is 19.6. The number of nitrogens with one attached hydrogen (secondary N) is 2. The van der Waals surface area contributed by atoms with Gasteiger partial charge >= 0.3 is 0 Å². The van der Waals surface area contributed by atoms with Crippen LogP contribution in [0.5, 0.6) is 5.75 Å². The predicted molar refractivity (Wildman–Crippen MR) is 110 cm³/mol. The molecular weight excluding hydrogens is 409 g/mol. The summed E-state index contributed by atoms with van der Waals surface area (Å²) >= 11 is 12.1. The van der Waals surface area contributed by atoms with E-state index in [9.17, 15) is 8.42 Å². The van der Waals surface area contributed by atoms with Gasteiger partial charge in [-0.15, -0.1) is 0 Å². The summed E-state index contributed by atoms with van der Waals surface area (Å²) in [6, 6.07) is 8.06. The minimum absolute atomic E-state index is 0.166. The number of hydrogen-bond acceptors (Lipinski definition) is 5. The Bertz CT molecular complexity index is 945. The van der Waals surface area contributed by atoms with E-state index < -0.39 is 10.0 Å². The van der Waals surface area contributed by atoms with E-state index >= 15 is 0 Å². The maximum atomic E-state index is 13.0. The number of sulfonamides is 1. The fourth-order valence-corrected chi connectivity index (χ4v) is 4.69. The molecule has 2 aromatic rings. The molecule has 0 atom stereocenters. The maximum Gasteiger partial charge on any atom is 0.262 e. The first-order valence-electron chi connectivity index (χ1n) is 8.44. The van der Waals surface area contributed by atoms with E-state index in [-0.39, 0.29) is 21.4 Å². The van der Waals surface area contributed by atoms with Gasteiger partial charge < -0.3 is 15.0 Å². The van der Waals surface area contributed by atoms with Gasteiger partial charge in [-0.3, -0.25) is 4.72 Å². The van der Waals surface area contributed by atoms with Gasteiger partial charge in [0.05, 0.1) is 22.7 Å². The molecule has 1 heterocycles. The van der Waals surface area contributed by atoms with E-state index in [2.05, 4.69) is 14.9 Å². The number of benzene rings is 2. The van der Waals surface area contributed by atoms with Gasteiger partial charge in [0.1, 0.15) is 0 Å². The lowest BCUT2D eigenvalue weighted by molar-refractivity contribution is 0.417. The molecule has 1 aliphatic heterocycles. The zero-order valence-corrected chi connectivity index (χ0v) is 17.4. The van der Waals surface area contributed by atoms with Gasteiger partial charge in [-0.05, 0) is 36.8 Å². The van der Waals surface area contributed by atoms with Crippen LogP contribution in [0.1, 0.15) is 5.56 Å². The number of anilines is 2. The van der Waals surface area contributed by atoms with E-state index in [1.54, 1.807) is 12.1 Å². The first kappa shape index (κ1) is 20.1. The van der Waals surface area contributed by atoms with E-state index in [1.807, 2.05) is 13.0 Å². The molecule has 9 heteroatoms. The van der Waals surface area contributed by atoms with Gasteiger partial charge in [0, 0.05) is 36.9 Å². The van der Waals surface area contributed by atoms with Gasteiger partial charge in [-0.1, -0.05) is 29.3 Å². The van der Waals surface area contributed by atoms with Crippen molar-refractivity contribution in [1.29, 1.82) is 0 Å². The highest BCUT2D eigenvalue weighted by Crippen LogP contribution is 2.37. The van der Waals surface area contributed by atoms with Crippen LogP contribution in [0.3, 0.4) is 0 Å². The second kappa shape index (κ2) is 8.14. The van der Waals surface area contributed by atoms with Crippen LogP contribution in [-0.4, -0.2) is 41.7 Å². The van der Waals surface area contributed by atoms with Crippen LogP contribution in [0.25, 0.3) is 0 Å². The van der Waals surface area contributed by atoms with Crippen molar-refractivity contribution in [3.05, 3.63) is 45.9 Å². The number of halogens is 2. The SMILES string of the molecule is COc1c(Cl)cc(Cl)cc1NS(=O)(=O)c1ccc(C)c(N2CCNCC2)c1. The topological polar surface area (TPSA) is 70.7 Å². The van der Waals surface area contributed by atoms with Gasteiger partial charge in [0.2, 0.25) is 0 Å². The first-order valence-corrected chi connectivity index (χ1v) is 10.7. The molecule has 0 saturated carbocycles. The summed E-state index contributed by atoms with van der Waals surface area (Å²) in [5.74, 6) is 0.221. The second-order valence-electron chi connectivity index (χ2n) is 6.26. The van der Waals surface area contributed by atoms with Crippen molar-refractivity contribution >= 4 is 44.6 Å². The van der Waals surface area contributed by atoms with Crippen molar-refractivity contribution in [1.82, 2.24) is 5.32 Å². The Morgan fingerprint density at radius 1 is 1.15 bits per heavy atom. The van der Waals surface area contributed by atoms with Crippen LogP contribution in [0.2, 0.25) is 10.0 Å². The molecule has 6 nitrogen and oxygen atoms in total. The van der Waals surface area contributed by atoms with Gasteiger partial charge in [0.25, 0.3) is 10.0 Å². The van der Waals surface area contributed by atoms with Crippen LogP contribution >= 0.6 is 23.2 Å². The predicted octanol–water partition coefficient (Wildman–Crippen LogP) is 3.52. The van der Waals surface area contributed by atoms with E-state index in [4.69, 9.17) is 27.9 Å². The number of nitrogens with zero attached hydrogens (tertiary/aromatic N) is 1. The molecule has 1 fully saturated rings. The maximum absolute atomic E-state index is 13.0. The largest absolute Gasteiger partial charge is 0.493 e. The quantitative estimate of drug-likeness (QED) is 0.760. The van der Waals surface area contributed by atoms with Crippen molar-refractivity contribution in [2.45, 2.75) is 11.8 Å². The highest BCUT2D eigenvalue weighted by molar-refractivity contribution is 7.92. The molecule has 0 aromatic heterocycles. The molecule has 0 amide bonds. The lowest BCUT2D eigenvalue weighted by Gasteiger charge is -2.31. The molecule has 0 aliphatic carbocycles. The molecule has 27 heavy (non-hydrogen) atoms. The smallest absolute Gasteiger partial charge is 0.262 e. The van der Waals surface area contributed by atoms with E-state index in [0.717, 1.165) is 37.4 Å². The zero-order valence-electron chi connectivity index (χ0n) is 15.1. The Morgan fingerprint density at radius 2 is 1.85 bits per heavy atom. The molecule has 3 rings (SSSR count). The van der Waals surface area contributed by atoms with Crippen molar-refractivity contribution < 1.29 is 13.2 Å². The molecule has 146 valence electrons.